The van der Waals surface area contributed by atoms with Gasteiger partial charge in [-0.2, -0.15) is 8.42 Å². The number of halogens is 1. The molecule has 1 aromatic carbocycles. The normalized spacial score (nSPS) is 20.5. The second-order valence-electron chi connectivity index (χ2n) is 3.52. The van der Waals surface area contributed by atoms with Crippen LogP contribution in [0.3, 0.4) is 0 Å². The number of anilines is 1. The average Bonchev–Trinajstić information content (AvgIpc) is 2.41. The first kappa shape index (κ1) is 10.7. The SMILES string of the molecule is CN1c2cc(S(=O)(=O)O)ccc2CC1Cl. The molecule has 15 heavy (non-hydrogen) atoms. The summed E-state index contributed by atoms with van der Waals surface area (Å²) in [7, 11) is -2.35. The lowest BCUT2D eigenvalue weighted by Gasteiger charge is -2.16. The van der Waals surface area contributed by atoms with Crippen molar-refractivity contribution in [1.82, 2.24) is 0 Å². The molecule has 2 rings (SSSR count). The van der Waals surface area contributed by atoms with E-state index in [-0.39, 0.29) is 10.4 Å². The topological polar surface area (TPSA) is 57.6 Å². The van der Waals surface area contributed by atoms with Crippen molar-refractivity contribution in [3.05, 3.63) is 23.8 Å². The lowest BCUT2D eigenvalue weighted by molar-refractivity contribution is 0.483. The van der Waals surface area contributed by atoms with Gasteiger partial charge in [-0.1, -0.05) is 17.7 Å². The van der Waals surface area contributed by atoms with Crippen LogP contribution < -0.4 is 4.90 Å². The maximum absolute atomic E-state index is 10.9. The predicted octanol–water partition coefficient (Wildman–Crippen LogP) is 1.49. The molecule has 0 spiro atoms. The molecule has 0 fully saturated rings. The van der Waals surface area contributed by atoms with Gasteiger partial charge in [0.2, 0.25) is 0 Å². The van der Waals surface area contributed by atoms with Crippen molar-refractivity contribution in [1.29, 1.82) is 0 Å². The van der Waals surface area contributed by atoms with E-state index in [1.807, 2.05) is 0 Å². The standard InChI is InChI=1S/C9H10ClNO3S/c1-11-8-5-7(15(12,13)14)3-2-6(8)4-9(11)10/h2-3,5,9H,4H2,1H3,(H,12,13,14). The fourth-order valence-corrected chi connectivity index (χ4v) is 2.45. The Morgan fingerprint density at radius 1 is 1.53 bits per heavy atom. The molecular formula is C9H10ClNO3S. The number of likely N-dealkylation sites (N-methyl/N-ethyl adjacent to an activating group) is 1. The Bertz CT molecular complexity index is 500. The van der Waals surface area contributed by atoms with Crippen LogP contribution >= 0.6 is 11.6 Å². The number of benzene rings is 1. The van der Waals surface area contributed by atoms with Crippen LogP contribution in [0.2, 0.25) is 0 Å². The minimum Gasteiger partial charge on any atom is -0.358 e. The molecular weight excluding hydrogens is 238 g/mol. The van der Waals surface area contributed by atoms with E-state index in [9.17, 15) is 8.42 Å². The fourth-order valence-electron chi connectivity index (χ4n) is 1.67. The third-order valence-corrected chi connectivity index (χ3v) is 3.84. The van der Waals surface area contributed by atoms with Crippen LogP contribution in [0.4, 0.5) is 5.69 Å². The maximum atomic E-state index is 10.9. The Kier molecular flexibility index (Phi) is 2.41. The minimum absolute atomic E-state index is 0.0983. The van der Waals surface area contributed by atoms with Crippen molar-refractivity contribution >= 4 is 27.4 Å². The Labute approximate surface area is 93.2 Å². The third kappa shape index (κ3) is 1.82. The number of alkyl halides is 1. The highest BCUT2D eigenvalue weighted by Crippen LogP contribution is 2.34. The summed E-state index contributed by atoms with van der Waals surface area (Å²) >= 11 is 6.01. The molecule has 0 bridgehead atoms. The van der Waals surface area contributed by atoms with Gasteiger partial charge in [-0.15, -0.1) is 0 Å². The molecule has 1 aliphatic heterocycles. The van der Waals surface area contributed by atoms with Gasteiger partial charge in [-0.3, -0.25) is 4.55 Å². The van der Waals surface area contributed by atoms with Crippen LogP contribution in [-0.4, -0.2) is 25.5 Å². The van der Waals surface area contributed by atoms with Gasteiger partial charge in [0.15, 0.2) is 0 Å². The molecule has 1 aromatic rings. The second kappa shape index (κ2) is 3.37. The Morgan fingerprint density at radius 2 is 2.20 bits per heavy atom. The zero-order chi connectivity index (χ0) is 11.2. The van der Waals surface area contributed by atoms with E-state index in [0.717, 1.165) is 11.3 Å². The highest BCUT2D eigenvalue weighted by molar-refractivity contribution is 7.85. The first-order valence-electron chi connectivity index (χ1n) is 4.37. The molecule has 0 saturated heterocycles. The third-order valence-electron chi connectivity index (χ3n) is 2.54. The first-order valence-corrected chi connectivity index (χ1v) is 6.24. The van der Waals surface area contributed by atoms with Crippen LogP contribution in [0.25, 0.3) is 0 Å². The number of hydrogen-bond donors (Lipinski definition) is 1. The highest BCUT2D eigenvalue weighted by atomic mass is 35.5. The summed E-state index contributed by atoms with van der Waals surface area (Å²) < 4.78 is 30.7. The Hall–Kier alpha value is -0.780. The van der Waals surface area contributed by atoms with Gasteiger partial charge in [-0.25, -0.2) is 0 Å². The molecule has 1 atom stereocenters. The van der Waals surface area contributed by atoms with Crippen LogP contribution in [0.5, 0.6) is 0 Å². The summed E-state index contributed by atoms with van der Waals surface area (Å²) in [5.74, 6) is 0. The van der Waals surface area contributed by atoms with E-state index in [0.29, 0.717) is 6.42 Å². The van der Waals surface area contributed by atoms with Crippen molar-refractivity contribution < 1.29 is 13.0 Å². The Balaban J connectivity index is 2.54. The summed E-state index contributed by atoms with van der Waals surface area (Å²) in [6.07, 6.45) is 0.680. The number of nitrogens with zero attached hydrogens (tertiary/aromatic N) is 1. The summed E-state index contributed by atoms with van der Waals surface area (Å²) in [5.41, 5.74) is 1.59. The zero-order valence-electron chi connectivity index (χ0n) is 8.01. The Morgan fingerprint density at radius 3 is 2.80 bits per heavy atom. The van der Waals surface area contributed by atoms with Crippen molar-refractivity contribution in [3.63, 3.8) is 0 Å². The molecule has 0 amide bonds. The van der Waals surface area contributed by atoms with Crippen molar-refractivity contribution in [2.24, 2.45) is 0 Å². The molecule has 0 saturated carbocycles. The van der Waals surface area contributed by atoms with Gasteiger partial charge < -0.3 is 4.90 Å². The van der Waals surface area contributed by atoms with Gasteiger partial charge in [0.05, 0.1) is 4.90 Å². The first-order chi connectivity index (χ1) is 6.89. The lowest BCUT2D eigenvalue weighted by Crippen LogP contribution is -2.21. The molecule has 1 N–H and O–H groups in total. The second-order valence-corrected chi connectivity index (χ2v) is 5.44. The smallest absolute Gasteiger partial charge is 0.294 e. The fraction of sp³-hybridized carbons (Fsp3) is 0.333. The van der Waals surface area contributed by atoms with Gasteiger partial charge in [0.1, 0.15) is 5.50 Å². The van der Waals surface area contributed by atoms with Crippen molar-refractivity contribution in [3.8, 4) is 0 Å². The quantitative estimate of drug-likeness (QED) is 0.464. The summed E-state index contributed by atoms with van der Waals surface area (Å²) in [6, 6.07) is 4.50. The van der Waals surface area contributed by atoms with Crippen molar-refractivity contribution in [2.75, 3.05) is 11.9 Å². The number of hydrogen-bond acceptors (Lipinski definition) is 3. The van der Waals surface area contributed by atoms with Gasteiger partial charge in [0.25, 0.3) is 10.1 Å². The zero-order valence-corrected chi connectivity index (χ0v) is 9.59. The van der Waals surface area contributed by atoms with Crippen LogP contribution in [0, 0.1) is 0 Å². The molecule has 0 aliphatic carbocycles. The largest absolute Gasteiger partial charge is 0.358 e. The molecule has 1 aliphatic rings. The molecule has 6 heteroatoms. The van der Waals surface area contributed by atoms with Crippen LogP contribution in [0.1, 0.15) is 5.56 Å². The minimum atomic E-state index is -4.14. The van der Waals surface area contributed by atoms with Crippen molar-refractivity contribution in [2.45, 2.75) is 16.8 Å². The maximum Gasteiger partial charge on any atom is 0.294 e. The molecule has 82 valence electrons. The van der Waals surface area contributed by atoms with E-state index in [2.05, 4.69) is 0 Å². The molecule has 1 unspecified atom stereocenters. The summed E-state index contributed by atoms with van der Waals surface area (Å²) in [6.45, 7) is 0. The van der Waals surface area contributed by atoms with E-state index in [1.165, 1.54) is 12.1 Å². The monoisotopic (exact) mass is 247 g/mol. The highest BCUT2D eigenvalue weighted by Gasteiger charge is 2.25. The summed E-state index contributed by atoms with van der Waals surface area (Å²) in [5, 5.41) is 0. The van der Waals surface area contributed by atoms with Gasteiger partial charge in [0, 0.05) is 19.2 Å². The van der Waals surface area contributed by atoms with E-state index in [1.54, 1.807) is 18.0 Å². The van der Waals surface area contributed by atoms with E-state index in [4.69, 9.17) is 16.2 Å². The molecule has 0 radical (unpaired) electrons. The van der Waals surface area contributed by atoms with Gasteiger partial charge >= 0.3 is 0 Å². The predicted molar refractivity (Wildman–Crippen MR) is 58.0 cm³/mol. The number of rotatable bonds is 1. The lowest BCUT2D eigenvalue weighted by atomic mass is 10.2. The van der Waals surface area contributed by atoms with E-state index >= 15 is 0 Å². The molecule has 1 heterocycles. The summed E-state index contributed by atoms with van der Waals surface area (Å²) in [4.78, 5) is 1.69. The average molecular weight is 248 g/mol. The number of fused-ring (bicyclic) bond motifs is 1. The molecule has 4 nitrogen and oxygen atoms in total. The molecule has 0 aromatic heterocycles. The van der Waals surface area contributed by atoms with E-state index < -0.39 is 10.1 Å². The van der Waals surface area contributed by atoms with Gasteiger partial charge in [-0.05, 0) is 17.7 Å². The van der Waals surface area contributed by atoms with Crippen LogP contribution in [0.15, 0.2) is 23.1 Å². The van der Waals surface area contributed by atoms with Crippen LogP contribution in [-0.2, 0) is 16.5 Å².